The molecule has 2 aromatic carbocycles. The summed E-state index contributed by atoms with van der Waals surface area (Å²) in [5.41, 5.74) is 11.3. The lowest BCUT2D eigenvalue weighted by Crippen LogP contribution is -2.13. The van der Waals surface area contributed by atoms with Crippen LogP contribution < -0.4 is 15.8 Å². The van der Waals surface area contributed by atoms with E-state index in [2.05, 4.69) is 22.0 Å². The maximum atomic E-state index is 11.7. The largest absolute Gasteiger partial charge is 0.494 e. The number of nitrogen functional groups attached to an aromatic ring is 1. The van der Waals surface area contributed by atoms with Crippen LogP contribution in [0.5, 0.6) is 5.75 Å². The molecule has 6 heteroatoms. The molecule has 0 bridgehead atoms. The number of hydrogen-bond acceptors (Lipinski definition) is 4. The number of nitrogens with one attached hydrogen (secondary N) is 1. The van der Waals surface area contributed by atoms with E-state index in [1.54, 1.807) is 6.92 Å². The molecule has 0 saturated heterocycles. The fourth-order valence-electron chi connectivity index (χ4n) is 4.41. The third-order valence-corrected chi connectivity index (χ3v) is 5.70. The second-order valence-corrected chi connectivity index (χ2v) is 7.61. The Balaban J connectivity index is 1.78. The predicted octanol–water partition coefficient (Wildman–Crippen LogP) is 5.97. The van der Waals surface area contributed by atoms with Crippen LogP contribution in [0.15, 0.2) is 42.5 Å². The third-order valence-electron chi connectivity index (χ3n) is 5.70. The number of rotatable bonds is 6. The molecule has 1 fully saturated rings. The zero-order chi connectivity index (χ0) is 21.1. The Hall–Kier alpha value is -3.15. The van der Waals surface area contributed by atoms with Crippen molar-refractivity contribution >= 4 is 28.4 Å². The number of carbonyl (C=O) groups excluding carboxylic acids is 1. The Kier molecular flexibility index (Phi) is 5.84. The van der Waals surface area contributed by atoms with Crippen LogP contribution in [0.2, 0.25) is 0 Å². The SMILES string of the molecule is CCOC(=O)Nc1ccc(-c2c(N)c3ccc(OCC)cc3n2C2CCCC2)cc1. The van der Waals surface area contributed by atoms with Gasteiger partial charge in [-0.05, 0) is 51.0 Å². The first-order valence-electron chi connectivity index (χ1n) is 10.7. The summed E-state index contributed by atoms with van der Waals surface area (Å²) in [6.45, 7) is 4.74. The van der Waals surface area contributed by atoms with Crippen LogP contribution in [-0.2, 0) is 4.74 Å². The molecular formula is C24H29N3O3. The topological polar surface area (TPSA) is 78.5 Å². The van der Waals surface area contributed by atoms with Gasteiger partial charge in [0.25, 0.3) is 0 Å². The highest BCUT2D eigenvalue weighted by Crippen LogP contribution is 2.43. The number of carbonyl (C=O) groups is 1. The molecule has 3 N–H and O–H groups in total. The van der Waals surface area contributed by atoms with Crippen molar-refractivity contribution in [1.29, 1.82) is 0 Å². The Bertz CT molecular complexity index is 1030. The van der Waals surface area contributed by atoms with E-state index in [4.69, 9.17) is 15.2 Å². The van der Waals surface area contributed by atoms with Gasteiger partial charge < -0.3 is 19.8 Å². The van der Waals surface area contributed by atoms with Crippen molar-refractivity contribution < 1.29 is 14.3 Å². The average Bonchev–Trinajstić information content (AvgIpc) is 3.35. The third kappa shape index (κ3) is 3.82. The summed E-state index contributed by atoms with van der Waals surface area (Å²) in [6.07, 6.45) is 4.32. The number of nitrogens with two attached hydrogens (primary N) is 1. The van der Waals surface area contributed by atoms with E-state index < -0.39 is 6.09 Å². The van der Waals surface area contributed by atoms with Crippen LogP contribution in [0.1, 0.15) is 45.6 Å². The van der Waals surface area contributed by atoms with E-state index in [1.165, 1.54) is 12.8 Å². The Morgan fingerprint density at radius 2 is 1.83 bits per heavy atom. The molecule has 1 amide bonds. The first kappa shape index (κ1) is 20.1. The minimum atomic E-state index is -0.451. The number of benzene rings is 2. The molecule has 4 rings (SSSR count). The van der Waals surface area contributed by atoms with Gasteiger partial charge in [-0.2, -0.15) is 0 Å². The van der Waals surface area contributed by atoms with E-state index in [1.807, 2.05) is 37.3 Å². The smallest absolute Gasteiger partial charge is 0.411 e. The molecule has 30 heavy (non-hydrogen) atoms. The highest BCUT2D eigenvalue weighted by atomic mass is 16.5. The minimum absolute atomic E-state index is 0.339. The molecule has 0 radical (unpaired) electrons. The molecule has 1 saturated carbocycles. The number of anilines is 2. The second-order valence-electron chi connectivity index (χ2n) is 7.61. The lowest BCUT2D eigenvalue weighted by atomic mass is 10.1. The monoisotopic (exact) mass is 407 g/mol. The number of amides is 1. The van der Waals surface area contributed by atoms with Gasteiger partial charge in [-0.3, -0.25) is 5.32 Å². The van der Waals surface area contributed by atoms with Crippen molar-refractivity contribution in [3.63, 3.8) is 0 Å². The van der Waals surface area contributed by atoms with Crippen LogP contribution in [0.4, 0.5) is 16.2 Å². The van der Waals surface area contributed by atoms with Gasteiger partial charge in [0, 0.05) is 28.7 Å². The quantitative estimate of drug-likeness (QED) is 0.527. The highest BCUT2D eigenvalue weighted by molar-refractivity contribution is 6.01. The predicted molar refractivity (Wildman–Crippen MR) is 121 cm³/mol. The van der Waals surface area contributed by atoms with Crippen LogP contribution >= 0.6 is 0 Å². The summed E-state index contributed by atoms with van der Waals surface area (Å²) < 4.78 is 13.1. The second kappa shape index (κ2) is 8.69. The molecule has 1 heterocycles. The fourth-order valence-corrected chi connectivity index (χ4v) is 4.41. The summed E-state index contributed by atoms with van der Waals surface area (Å²) in [6, 6.07) is 14.3. The van der Waals surface area contributed by atoms with E-state index in [0.717, 1.165) is 46.4 Å². The summed E-state index contributed by atoms with van der Waals surface area (Å²) in [4.78, 5) is 11.7. The highest BCUT2D eigenvalue weighted by Gasteiger charge is 2.25. The van der Waals surface area contributed by atoms with E-state index in [-0.39, 0.29) is 0 Å². The normalized spacial score (nSPS) is 14.2. The lowest BCUT2D eigenvalue weighted by molar-refractivity contribution is 0.168. The molecule has 1 aliphatic rings. The number of hydrogen-bond donors (Lipinski definition) is 2. The molecule has 3 aromatic rings. The molecule has 1 aromatic heterocycles. The van der Waals surface area contributed by atoms with Crippen molar-refractivity contribution in [1.82, 2.24) is 4.57 Å². The van der Waals surface area contributed by atoms with Gasteiger partial charge in [0.15, 0.2) is 0 Å². The lowest BCUT2D eigenvalue weighted by Gasteiger charge is -2.19. The van der Waals surface area contributed by atoms with Gasteiger partial charge in [-0.1, -0.05) is 25.0 Å². The number of aromatic nitrogens is 1. The van der Waals surface area contributed by atoms with Gasteiger partial charge >= 0.3 is 6.09 Å². The van der Waals surface area contributed by atoms with Crippen LogP contribution in [0.25, 0.3) is 22.2 Å². The minimum Gasteiger partial charge on any atom is -0.494 e. The Morgan fingerprint density at radius 1 is 1.10 bits per heavy atom. The molecular weight excluding hydrogens is 378 g/mol. The number of nitrogens with zero attached hydrogens (tertiary/aromatic N) is 1. The van der Waals surface area contributed by atoms with E-state index in [0.29, 0.717) is 24.9 Å². The van der Waals surface area contributed by atoms with Gasteiger partial charge in [0.1, 0.15) is 5.75 Å². The van der Waals surface area contributed by atoms with Crippen molar-refractivity contribution in [3.05, 3.63) is 42.5 Å². The summed E-state index contributed by atoms with van der Waals surface area (Å²) in [7, 11) is 0. The molecule has 6 nitrogen and oxygen atoms in total. The summed E-state index contributed by atoms with van der Waals surface area (Å²) in [5.74, 6) is 0.863. The maximum absolute atomic E-state index is 11.7. The zero-order valence-electron chi connectivity index (χ0n) is 17.6. The Morgan fingerprint density at radius 3 is 2.50 bits per heavy atom. The molecule has 0 atom stereocenters. The number of fused-ring (bicyclic) bond motifs is 1. The summed E-state index contributed by atoms with van der Waals surface area (Å²) >= 11 is 0. The van der Waals surface area contributed by atoms with Crippen LogP contribution in [0.3, 0.4) is 0 Å². The van der Waals surface area contributed by atoms with Crippen molar-refractivity contribution in [2.45, 2.75) is 45.6 Å². The van der Waals surface area contributed by atoms with Crippen LogP contribution in [0, 0.1) is 0 Å². The van der Waals surface area contributed by atoms with Gasteiger partial charge in [-0.15, -0.1) is 0 Å². The van der Waals surface area contributed by atoms with Gasteiger partial charge in [-0.25, -0.2) is 4.79 Å². The van der Waals surface area contributed by atoms with Gasteiger partial charge in [0.2, 0.25) is 0 Å². The number of ether oxygens (including phenoxy) is 2. The standard InChI is InChI=1S/C24H29N3O3/c1-3-29-19-13-14-20-21(15-19)27(18-7-5-6-8-18)23(22(20)25)16-9-11-17(12-10-16)26-24(28)30-4-2/h9-15,18H,3-8,25H2,1-2H3,(H,26,28). The maximum Gasteiger partial charge on any atom is 0.411 e. The first-order chi connectivity index (χ1) is 14.6. The molecule has 0 aliphatic heterocycles. The fraction of sp³-hybridized carbons (Fsp3) is 0.375. The Labute approximate surface area is 177 Å². The molecule has 0 unspecified atom stereocenters. The molecule has 1 aliphatic carbocycles. The first-order valence-corrected chi connectivity index (χ1v) is 10.7. The molecule has 158 valence electrons. The van der Waals surface area contributed by atoms with E-state index in [9.17, 15) is 4.79 Å². The zero-order valence-corrected chi connectivity index (χ0v) is 17.6. The summed E-state index contributed by atoms with van der Waals surface area (Å²) in [5, 5.41) is 3.79. The molecule has 0 spiro atoms. The van der Waals surface area contributed by atoms with Crippen molar-refractivity contribution in [3.8, 4) is 17.0 Å². The van der Waals surface area contributed by atoms with Gasteiger partial charge in [0.05, 0.1) is 30.1 Å². The van der Waals surface area contributed by atoms with Crippen LogP contribution in [-0.4, -0.2) is 23.9 Å². The van der Waals surface area contributed by atoms with E-state index >= 15 is 0 Å². The average molecular weight is 408 g/mol. The van der Waals surface area contributed by atoms with Crippen molar-refractivity contribution in [2.75, 3.05) is 24.3 Å². The van der Waals surface area contributed by atoms with Crippen molar-refractivity contribution in [2.24, 2.45) is 0 Å².